The smallest absolute Gasteiger partial charge is 0.260 e. The Morgan fingerprint density at radius 1 is 1.00 bits per heavy atom. The van der Waals surface area contributed by atoms with Crippen molar-refractivity contribution in [1.82, 2.24) is 10.2 Å². The van der Waals surface area contributed by atoms with Crippen LogP contribution in [0.2, 0.25) is 0 Å². The molecule has 0 spiro atoms. The molecule has 0 saturated heterocycles. The van der Waals surface area contributed by atoms with Crippen LogP contribution in [0.5, 0.6) is 11.5 Å². The van der Waals surface area contributed by atoms with E-state index >= 15 is 0 Å². The van der Waals surface area contributed by atoms with Gasteiger partial charge in [-0.05, 0) is 56.6 Å². The predicted octanol–water partition coefficient (Wildman–Crippen LogP) is 2.51. The average molecular weight is 401 g/mol. The molecule has 0 radical (unpaired) electrons. The maximum atomic E-state index is 12.0. The molecule has 2 N–H and O–H groups in total. The summed E-state index contributed by atoms with van der Waals surface area (Å²) in [4.78, 5) is 13.7. The van der Waals surface area contributed by atoms with E-state index in [4.69, 9.17) is 9.47 Å². The van der Waals surface area contributed by atoms with Crippen LogP contribution in [-0.2, 0) is 11.2 Å². The number of rotatable bonds is 13. The van der Waals surface area contributed by atoms with Crippen molar-refractivity contribution in [2.24, 2.45) is 0 Å². The monoisotopic (exact) mass is 400 g/mol. The average Bonchev–Trinajstić information content (AvgIpc) is 2.76. The highest BCUT2D eigenvalue weighted by atomic mass is 16.5. The molecule has 6 nitrogen and oxygen atoms in total. The summed E-state index contributed by atoms with van der Waals surface area (Å²) in [6, 6.07) is 17.2. The normalized spacial score (nSPS) is 11.7. The second-order valence-corrected chi connectivity index (χ2v) is 6.73. The standard InChI is InChI=1S/C23H32N2O4/c1-3-25(4-2)23(27)18-29-22-12-10-19(11-13-22)14-15-24-16-20(26)17-28-21-8-6-5-7-9-21/h5-13,20,24,26H,3-4,14-18H2,1-2H3. The molecule has 2 aromatic rings. The lowest BCUT2D eigenvalue weighted by Gasteiger charge is -2.18. The Bertz CT molecular complexity index is 703. The van der Waals surface area contributed by atoms with E-state index in [9.17, 15) is 9.90 Å². The van der Waals surface area contributed by atoms with E-state index in [2.05, 4.69) is 5.32 Å². The number of benzene rings is 2. The zero-order valence-electron chi connectivity index (χ0n) is 17.3. The molecule has 0 heterocycles. The van der Waals surface area contributed by atoms with Crippen LogP contribution in [-0.4, -0.2) is 61.4 Å². The van der Waals surface area contributed by atoms with Gasteiger partial charge in [0.05, 0.1) is 0 Å². The Hall–Kier alpha value is -2.57. The molecule has 0 aliphatic carbocycles. The molecule has 0 bridgehead atoms. The molecule has 0 aromatic heterocycles. The zero-order chi connectivity index (χ0) is 20.9. The second kappa shape index (κ2) is 12.8. The summed E-state index contributed by atoms with van der Waals surface area (Å²) in [5.41, 5.74) is 1.16. The van der Waals surface area contributed by atoms with E-state index in [1.165, 1.54) is 0 Å². The number of aliphatic hydroxyl groups excluding tert-OH is 1. The van der Waals surface area contributed by atoms with Gasteiger partial charge < -0.3 is 24.8 Å². The van der Waals surface area contributed by atoms with E-state index < -0.39 is 6.10 Å². The number of hydrogen-bond acceptors (Lipinski definition) is 5. The number of carbonyl (C=O) groups excluding carboxylic acids is 1. The summed E-state index contributed by atoms with van der Waals surface area (Å²) in [5, 5.41) is 13.2. The molecule has 6 heteroatoms. The van der Waals surface area contributed by atoms with Crippen molar-refractivity contribution >= 4 is 5.91 Å². The topological polar surface area (TPSA) is 71.0 Å². The van der Waals surface area contributed by atoms with Crippen LogP contribution in [0.3, 0.4) is 0 Å². The van der Waals surface area contributed by atoms with E-state index in [-0.39, 0.29) is 19.1 Å². The lowest BCUT2D eigenvalue weighted by atomic mass is 10.1. The Morgan fingerprint density at radius 2 is 1.66 bits per heavy atom. The van der Waals surface area contributed by atoms with Crippen LogP contribution in [0, 0.1) is 0 Å². The van der Waals surface area contributed by atoms with Crippen LogP contribution < -0.4 is 14.8 Å². The number of carbonyl (C=O) groups is 1. The molecule has 2 rings (SSSR count). The van der Waals surface area contributed by atoms with Gasteiger partial charge in [-0.1, -0.05) is 30.3 Å². The fraction of sp³-hybridized carbons (Fsp3) is 0.435. The number of aliphatic hydroxyl groups is 1. The third-order valence-electron chi connectivity index (χ3n) is 4.56. The molecule has 0 fully saturated rings. The summed E-state index contributed by atoms with van der Waals surface area (Å²) in [6.07, 6.45) is 0.277. The van der Waals surface area contributed by atoms with E-state index in [1.54, 1.807) is 4.90 Å². The summed E-state index contributed by atoms with van der Waals surface area (Å²) in [5.74, 6) is 1.45. The molecule has 1 unspecified atom stereocenters. The molecule has 1 amide bonds. The molecular formula is C23H32N2O4. The summed E-state index contributed by atoms with van der Waals surface area (Å²) in [7, 11) is 0. The fourth-order valence-corrected chi connectivity index (χ4v) is 2.83. The van der Waals surface area contributed by atoms with Gasteiger partial charge in [-0.15, -0.1) is 0 Å². The molecular weight excluding hydrogens is 368 g/mol. The number of likely N-dealkylation sites (N-methyl/N-ethyl adjacent to an activating group) is 1. The highest BCUT2D eigenvalue weighted by molar-refractivity contribution is 5.77. The third kappa shape index (κ3) is 8.54. The first-order valence-electron chi connectivity index (χ1n) is 10.2. The van der Waals surface area contributed by atoms with E-state index in [0.29, 0.717) is 25.4 Å². The molecule has 0 aliphatic heterocycles. The van der Waals surface area contributed by atoms with Crippen molar-refractivity contribution in [2.75, 3.05) is 39.4 Å². The minimum atomic E-state index is -0.561. The molecule has 158 valence electrons. The van der Waals surface area contributed by atoms with Crippen molar-refractivity contribution in [2.45, 2.75) is 26.4 Å². The van der Waals surface area contributed by atoms with Crippen LogP contribution in [0.15, 0.2) is 54.6 Å². The van der Waals surface area contributed by atoms with Gasteiger partial charge in [0.15, 0.2) is 6.61 Å². The second-order valence-electron chi connectivity index (χ2n) is 6.73. The van der Waals surface area contributed by atoms with Gasteiger partial charge in [0, 0.05) is 19.6 Å². The SMILES string of the molecule is CCN(CC)C(=O)COc1ccc(CCNCC(O)COc2ccccc2)cc1. The van der Waals surface area contributed by atoms with Gasteiger partial charge in [0.2, 0.25) is 0 Å². The lowest BCUT2D eigenvalue weighted by Crippen LogP contribution is -2.34. The quantitative estimate of drug-likeness (QED) is 0.506. The van der Waals surface area contributed by atoms with Crippen molar-refractivity contribution in [1.29, 1.82) is 0 Å². The molecule has 0 aliphatic rings. The van der Waals surface area contributed by atoms with E-state index in [0.717, 1.165) is 24.3 Å². The largest absolute Gasteiger partial charge is 0.491 e. The van der Waals surface area contributed by atoms with Gasteiger partial charge in [-0.2, -0.15) is 0 Å². The number of nitrogens with zero attached hydrogens (tertiary/aromatic N) is 1. The summed E-state index contributed by atoms with van der Waals surface area (Å²) in [6.45, 7) is 6.85. The number of amides is 1. The predicted molar refractivity (Wildman–Crippen MR) is 114 cm³/mol. The van der Waals surface area contributed by atoms with Crippen molar-refractivity contribution < 1.29 is 19.4 Å². The Morgan fingerprint density at radius 3 is 2.31 bits per heavy atom. The maximum Gasteiger partial charge on any atom is 0.260 e. The van der Waals surface area contributed by atoms with Crippen LogP contribution in [0.1, 0.15) is 19.4 Å². The van der Waals surface area contributed by atoms with Gasteiger partial charge in [0.1, 0.15) is 24.2 Å². The number of nitrogens with one attached hydrogen (secondary N) is 1. The zero-order valence-corrected chi connectivity index (χ0v) is 17.3. The first-order chi connectivity index (χ1) is 14.1. The summed E-state index contributed by atoms with van der Waals surface area (Å²) >= 11 is 0. The van der Waals surface area contributed by atoms with Gasteiger partial charge >= 0.3 is 0 Å². The van der Waals surface area contributed by atoms with Gasteiger partial charge in [0.25, 0.3) is 5.91 Å². The molecule has 1 atom stereocenters. The minimum Gasteiger partial charge on any atom is -0.491 e. The molecule has 2 aromatic carbocycles. The number of para-hydroxylation sites is 1. The maximum absolute atomic E-state index is 12.0. The van der Waals surface area contributed by atoms with E-state index in [1.807, 2.05) is 68.4 Å². The minimum absolute atomic E-state index is 0.00178. The van der Waals surface area contributed by atoms with Crippen LogP contribution in [0.25, 0.3) is 0 Å². The third-order valence-corrected chi connectivity index (χ3v) is 4.56. The van der Waals surface area contributed by atoms with Crippen LogP contribution >= 0.6 is 0 Å². The Kier molecular flexibility index (Phi) is 10.0. The van der Waals surface area contributed by atoms with Crippen LogP contribution in [0.4, 0.5) is 0 Å². The highest BCUT2D eigenvalue weighted by Gasteiger charge is 2.10. The Balaban J connectivity index is 1.61. The molecule has 29 heavy (non-hydrogen) atoms. The van der Waals surface area contributed by atoms with Gasteiger partial charge in [-0.25, -0.2) is 0 Å². The van der Waals surface area contributed by atoms with Gasteiger partial charge in [-0.3, -0.25) is 4.79 Å². The summed E-state index contributed by atoms with van der Waals surface area (Å²) < 4.78 is 11.1. The van der Waals surface area contributed by atoms with Crippen molar-refractivity contribution in [3.63, 3.8) is 0 Å². The lowest BCUT2D eigenvalue weighted by molar-refractivity contribution is -0.132. The Labute approximate surface area is 173 Å². The van der Waals surface area contributed by atoms with Crippen molar-refractivity contribution in [3.8, 4) is 11.5 Å². The first-order valence-corrected chi connectivity index (χ1v) is 10.2. The molecule has 0 saturated carbocycles. The first kappa shape index (κ1) is 22.7. The van der Waals surface area contributed by atoms with Crippen molar-refractivity contribution in [3.05, 3.63) is 60.2 Å². The number of ether oxygens (including phenoxy) is 2. The fourth-order valence-electron chi connectivity index (χ4n) is 2.83. The highest BCUT2D eigenvalue weighted by Crippen LogP contribution is 2.13. The number of hydrogen-bond donors (Lipinski definition) is 2.